The van der Waals surface area contributed by atoms with Crippen LogP contribution in [-0.2, 0) is 26.9 Å². The fraction of sp³-hybridized carbons (Fsp3) is 0.286. The van der Waals surface area contributed by atoms with E-state index in [4.69, 9.17) is 5.73 Å². The van der Waals surface area contributed by atoms with E-state index in [0.717, 1.165) is 0 Å². The number of halogens is 1. The van der Waals surface area contributed by atoms with Gasteiger partial charge in [0.15, 0.2) is 0 Å². The number of rotatable bonds is 10. The number of benzene rings is 1. The van der Waals surface area contributed by atoms with E-state index in [-0.39, 0.29) is 24.8 Å². The SMILES string of the molecule is C=Cc1c(/C(=C\C)C(=O)NCc2cc(N(C)CC(N)=O)nc(S(C)=O)c2)cnn1-c1ccc(F)cc1.CCC. The van der Waals surface area contributed by atoms with Crippen LogP contribution in [0, 0.1) is 5.82 Å². The van der Waals surface area contributed by atoms with E-state index in [1.54, 1.807) is 66.2 Å². The highest BCUT2D eigenvalue weighted by molar-refractivity contribution is 7.84. The minimum atomic E-state index is -1.38. The quantitative estimate of drug-likeness (QED) is 0.367. The molecule has 0 fully saturated rings. The number of primary amides is 1. The van der Waals surface area contributed by atoms with Crippen molar-refractivity contribution in [3.05, 3.63) is 77.9 Å². The highest BCUT2D eigenvalue weighted by atomic mass is 32.2. The van der Waals surface area contributed by atoms with E-state index in [1.807, 2.05) is 0 Å². The van der Waals surface area contributed by atoms with Crippen molar-refractivity contribution in [2.75, 3.05) is 24.7 Å². The number of likely N-dealkylation sites (N-methyl/N-ethyl adjacent to an activating group) is 1. The van der Waals surface area contributed by atoms with Gasteiger partial charge < -0.3 is 16.0 Å². The monoisotopic (exact) mass is 554 g/mol. The Morgan fingerprint density at radius 1 is 1.23 bits per heavy atom. The van der Waals surface area contributed by atoms with Crippen molar-refractivity contribution in [2.45, 2.75) is 38.8 Å². The molecule has 1 aromatic carbocycles. The number of nitrogens with two attached hydrogens (primary N) is 1. The summed E-state index contributed by atoms with van der Waals surface area (Å²) in [7, 11) is 0.266. The normalized spacial score (nSPS) is 11.7. The summed E-state index contributed by atoms with van der Waals surface area (Å²) in [4.78, 5) is 30.3. The van der Waals surface area contributed by atoms with E-state index in [1.165, 1.54) is 24.8 Å². The number of allylic oxidation sites excluding steroid dienone is 1. The van der Waals surface area contributed by atoms with Crippen LogP contribution in [0.25, 0.3) is 17.3 Å². The summed E-state index contributed by atoms with van der Waals surface area (Å²) < 4.78 is 27.0. The highest BCUT2D eigenvalue weighted by Crippen LogP contribution is 2.24. The van der Waals surface area contributed by atoms with E-state index in [2.05, 4.69) is 35.8 Å². The van der Waals surface area contributed by atoms with Crippen molar-refractivity contribution in [1.82, 2.24) is 20.1 Å². The minimum Gasteiger partial charge on any atom is -0.368 e. The predicted molar refractivity (Wildman–Crippen MR) is 154 cm³/mol. The molecule has 208 valence electrons. The Balaban J connectivity index is 0.00000170. The van der Waals surface area contributed by atoms with Crippen LogP contribution < -0.4 is 16.0 Å². The van der Waals surface area contributed by atoms with Crippen molar-refractivity contribution in [2.24, 2.45) is 5.73 Å². The molecule has 0 aliphatic heterocycles. The number of anilines is 1. The number of hydrogen-bond donors (Lipinski definition) is 2. The van der Waals surface area contributed by atoms with Gasteiger partial charge in [-0.25, -0.2) is 14.1 Å². The molecule has 3 aromatic rings. The Morgan fingerprint density at radius 3 is 2.41 bits per heavy atom. The Bertz CT molecular complexity index is 1370. The van der Waals surface area contributed by atoms with E-state index in [0.29, 0.717) is 38.9 Å². The lowest BCUT2D eigenvalue weighted by Gasteiger charge is -2.18. The van der Waals surface area contributed by atoms with Crippen LogP contribution in [0.1, 0.15) is 44.0 Å². The third-order valence-corrected chi connectivity index (χ3v) is 6.07. The van der Waals surface area contributed by atoms with Crippen LogP contribution in [0.2, 0.25) is 0 Å². The second-order valence-corrected chi connectivity index (χ2v) is 9.90. The molecule has 1 unspecified atom stereocenters. The lowest BCUT2D eigenvalue weighted by Crippen LogP contribution is -2.31. The number of nitrogens with one attached hydrogen (secondary N) is 1. The van der Waals surface area contributed by atoms with Crippen molar-refractivity contribution in [1.29, 1.82) is 0 Å². The summed E-state index contributed by atoms with van der Waals surface area (Å²) >= 11 is 0. The summed E-state index contributed by atoms with van der Waals surface area (Å²) in [6.07, 6.45) is 7.54. The predicted octanol–water partition coefficient (Wildman–Crippen LogP) is 3.84. The standard InChI is InChI=1S/C25H27FN6O3S.C3H8/c1-5-19(20-14-29-32(21(20)6-2)18-9-7-17(26)8-10-18)25(34)28-13-16-11-23(31(3)15-22(27)33)30-24(12-16)36(4)35;1-3-2/h5-12,14H,2,13,15H2,1,3-4H3,(H2,27,33)(H,28,34);3H2,1-2H3/b19-5+;. The molecule has 11 heteroatoms. The van der Waals surface area contributed by atoms with E-state index < -0.39 is 16.7 Å². The first-order chi connectivity index (χ1) is 18.6. The number of pyridine rings is 1. The molecule has 0 radical (unpaired) electrons. The van der Waals surface area contributed by atoms with Gasteiger partial charge in [0.25, 0.3) is 5.91 Å². The Hall–Kier alpha value is -4.12. The molecule has 9 nitrogen and oxygen atoms in total. The molecule has 2 heterocycles. The fourth-order valence-corrected chi connectivity index (χ4v) is 4.08. The topological polar surface area (TPSA) is 123 Å². The zero-order valence-corrected chi connectivity index (χ0v) is 23.7. The zero-order chi connectivity index (χ0) is 29.1. The summed E-state index contributed by atoms with van der Waals surface area (Å²) in [5.41, 5.74) is 8.05. The van der Waals surface area contributed by atoms with E-state index in [9.17, 15) is 18.2 Å². The summed E-state index contributed by atoms with van der Waals surface area (Å²) in [5, 5.41) is 7.54. The van der Waals surface area contributed by atoms with Crippen LogP contribution in [0.3, 0.4) is 0 Å². The van der Waals surface area contributed by atoms with Crippen molar-refractivity contribution < 1.29 is 18.2 Å². The molecule has 2 amide bonds. The number of hydrogen-bond acceptors (Lipinski definition) is 6. The summed E-state index contributed by atoms with van der Waals surface area (Å²) in [6, 6.07) is 9.15. The largest absolute Gasteiger partial charge is 0.368 e. The summed E-state index contributed by atoms with van der Waals surface area (Å²) in [6.45, 7) is 9.88. The zero-order valence-electron chi connectivity index (χ0n) is 22.9. The average molecular weight is 555 g/mol. The van der Waals surface area contributed by atoms with Gasteiger partial charge in [-0.2, -0.15) is 5.10 Å². The second-order valence-electron chi connectivity index (χ2n) is 8.58. The molecule has 0 bridgehead atoms. The minimum absolute atomic E-state index is 0.0658. The van der Waals surface area contributed by atoms with Gasteiger partial charge in [0, 0.05) is 31.0 Å². The maximum Gasteiger partial charge on any atom is 0.251 e. The Morgan fingerprint density at radius 2 is 1.87 bits per heavy atom. The van der Waals surface area contributed by atoms with Gasteiger partial charge in [-0.05, 0) is 55.0 Å². The Kier molecular flexibility index (Phi) is 11.7. The van der Waals surface area contributed by atoms with Gasteiger partial charge in [-0.1, -0.05) is 32.9 Å². The van der Waals surface area contributed by atoms with Crippen molar-refractivity contribution in [3.63, 3.8) is 0 Å². The maximum atomic E-state index is 13.3. The molecule has 3 rings (SSSR count). The number of aromatic nitrogens is 3. The molecule has 0 aliphatic carbocycles. The van der Waals surface area contributed by atoms with Gasteiger partial charge in [0.1, 0.15) is 16.7 Å². The molecule has 3 N–H and O–H groups in total. The van der Waals surface area contributed by atoms with E-state index >= 15 is 0 Å². The van der Waals surface area contributed by atoms with Crippen LogP contribution >= 0.6 is 0 Å². The molecule has 0 aliphatic rings. The molecule has 1 atom stereocenters. The Labute approximate surface area is 231 Å². The highest BCUT2D eigenvalue weighted by Gasteiger charge is 2.19. The summed E-state index contributed by atoms with van der Waals surface area (Å²) in [5.74, 6) is -0.849. The molecular weight excluding hydrogens is 519 g/mol. The van der Waals surface area contributed by atoms with Crippen LogP contribution in [-0.4, -0.2) is 50.6 Å². The van der Waals surface area contributed by atoms with Crippen LogP contribution in [0.5, 0.6) is 0 Å². The first-order valence-electron chi connectivity index (χ1n) is 12.3. The van der Waals surface area contributed by atoms with Gasteiger partial charge in [-0.15, -0.1) is 0 Å². The fourth-order valence-electron chi connectivity index (χ4n) is 3.54. The number of carbonyl (C=O) groups excluding carboxylic acids is 2. The smallest absolute Gasteiger partial charge is 0.251 e. The molecular formula is C28H35FN6O3S. The van der Waals surface area contributed by atoms with Gasteiger partial charge >= 0.3 is 0 Å². The first-order valence-corrected chi connectivity index (χ1v) is 13.9. The molecule has 0 spiro atoms. The molecule has 2 aromatic heterocycles. The molecule has 0 saturated heterocycles. The van der Waals surface area contributed by atoms with Crippen molar-refractivity contribution >= 4 is 40.1 Å². The first kappa shape index (κ1) is 31.1. The number of nitrogens with zero attached hydrogens (tertiary/aromatic N) is 4. The van der Waals surface area contributed by atoms with Crippen LogP contribution in [0.15, 0.2) is 60.3 Å². The lowest BCUT2D eigenvalue weighted by atomic mass is 10.1. The maximum absolute atomic E-state index is 13.3. The number of amides is 2. The van der Waals surface area contributed by atoms with Crippen molar-refractivity contribution in [3.8, 4) is 5.69 Å². The molecule has 0 saturated carbocycles. The third-order valence-electron chi connectivity index (χ3n) is 5.27. The van der Waals surface area contributed by atoms with Crippen LogP contribution in [0.4, 0.5) is 10.2 Å². The van der Waals surface area contributed by atoms with Gasteiger partial charge in [0.05, 0.1) is 34.9 Å². The van der Waals surface area contributed by atoms with Gasteiger partial charge in [0.2, 0.25) is 5.91 Å². The second kappa shape index (κ2) is 14.7. The van der Waals surface area contributed by atoms with Gasteiger partial charge in [-0.3, -0.25) is 13.8 Å². The lowest BCUT2D eigenvalue weighted by molar-refractivity contribution is -0.117. The third kappa shape index (κ3) is 8.44. The molecule has 39 heavy (non-hydrogen) atoms. The average Bonchev–Trinajstić information content (AvgIpc) is 3.31. The number of carbonyl (C=O) groups is 2.